The highest BCUT2D eigenvalue weighted by atomic mass is 32.1. The lowest BCUT2D eigenvalue weighted by Crippen LogP contribution is -2.45. The molecular weight excluding hydrogens is 411 g/mol. The number of rotatable bonds is 6. The van der Waals surface area contributed by atoms with Crippen molar-refractivity contribution in [1.82, 2.24) is 20.4 Å². The molecule has 158 valence electrons. The molecule has 7 heteroatoms. The van der Waals surface area contributed by atoms with Crippen LogP contribution in [0.3, 0.4) is 0 Å². The van der Waals surface area contributed by atoms with Gasteiger partial charge in [-0.15, -0.1) is 6.58 Å². The Morgan fingerprint density at radius 2 is 2.03 bits per heavy atom. The minimum Gasteiger partial charge on any atom is -0.351 e. The molecule has 4 rings (SSSR count). The minimum atomic E-state index is -0.352. The number of nitrogens with zero attached hydrogens (tertiary/aromatic N) is 3. The van der Waals surface area contributed by atoms with Gasteiger partial charge in [-0.1, -0.05) is 54.6 Å². The van der Waals surface area contributed by atoms with Gasteiger partial charge in [0.25, 0.3) is 5.89 Å². The molecule has 0 fully saturated rings. The highest BCUT2D eigenvalue weighted by Gasteiger charge is 2.33. The molecule has 1 unspecified atom stereocenters. The lowest BCUT2D eigenvalue weighted by molar-refractivity contribution is 0.399. The fourth-order valence-corrected chi connectivity index (χ4v) is 4.01. The number of aryl methyl sites for hydroxylation is 1. The third-order valence-corrected chi connectivity index (χ3v) is 5.71. The summed E-state index contributed by atoms with van der Waals surface area (Å²) in [5, 5.41) is 8.11. The number of thiocarbonyl (C=S) groups is 1. The Morgan fingerprint density at radius 3 is 2.71 bits per heavy atom. The Bertz CT molecular complexity index is 1150. The average Bonchev–Trinajstić information content (AvgIpc) is 3.26. The zero-order valence-corrected chi connectivity index (χ0v) is 18.2. The van der Waals surface area contributed by atoms with Crippen molar-refractivity contribution in [1.29, 1.82) is 0 Å². The summed E-state index contributed by atoms with van der Waals surface area (Å²) in [6.07, 6.45) is 2.75. The van der Waals surface area contributed by atoms with Crippen molar-refractivity contribution in [2.45, 2.75) is 26.3 Å². The molecule has 0 saturated heterocycles. The summed E-state index contributed by atoms with van der Waals surface area (Å²) < 4.78 is 19.3. The lowest BCUT2D eigenvalue weighted by atomic mass is 9.94. The fourth-order valence-electron chi connectivity index (χ4n) is 3.68. The van der Waals surface area contributed by atoms with Crippen LogP contribution in [-0.4, -0.2) is 26.7 Å². The summed E-state index contributed by atoms with van der Waals surface area (Å²) in [5.74, 6) is 0.346. The van der Waals surface area contributed by atoms with Crippen LogP contribution in [0, 0.1) is 5.82 Å². The smallest absolute Gasteiger partial charge is 0.258 e. The van der Waals surface area contributed by atoms with Crippen molar-refractivity contribution in [3.05, 3.63) is 89.7 Å². The topological polar surface area (TPSA) is 54.2 Å². The SMILES string of the molecule is C=CCN1C(=S)NC(c2ccc(CC)cc2)C(c2nc(-c3cccc(F)c3)no2)=C1C. The van der Waals surface area contributed by atoms with E-state index in [2.05, 4.69) is 53.2 Å². The third-order valence-electron chi connectivity index (χ3n) is 5.37. The number of halogens is 1. The number of hydrogen-bond donors (Lipinski definition) is 1. The van der Waals surface area contributed by atoms with Gasteiger partial charge in [-0.3, -0.25) is 0 Å². The Hall–Kier alpha value is -3.32. The molecule has 2 heterocycles. The highest BCUT2D eigenvalue weighted by Crippen LogP contribution is 2.37. The molecule has 3 aromatic rings. The Labute approximate surface area is 186 Å². The van der Waals surface area contributed by atoms with Crippen LogP contribution in [0.4, 0.5) is 4.39 Å². The first-order valence-electron chi connectivity index (χ1n) is 10.1. The fraction of sp³-hybridized carbons (Fsp3) is 0.208. The first-order chi connectivity index (χ1) is 15.0. The van der Waals surface area contributed by atoms with Crippen molar-refractivity contribution in [3.63, 3.8) is 0 Å². The molecule has 31 heavy (non-hydrogen) atoms. The van der Waals surface area contributed by atoms with Gasteiger partial charge in [0, 0.05) is 17.8 Å². The van der Waals surface area contributed by atoms with E-state index in [1.807, 2.05) is 11.8 Å². The maximum atomic E-state index is 13.7. The second kappa shape index (κ2) is 8.81. The predicted octanol–water partition coefficient (Wildman–Crippen LogP) is 5.29. The monoisotopic (exact) mass is 434 g/mol. The van der Waals surface area contributed by atoms with Crippen molar-refractivity contribution < 1.29 is 8.91 Å². The van der Waals surface area contributed by atoms with E-state index in [1.54, 1.807) is 18.2 Å². The molecule has 0 spiro atoms. The van der Waals surface area contributed by atoms with E-state index in [1.165, 1.54) is 17.7 Å². The lowest BCUT2D eigenvalue weighted by Gasteiger charge is -2.36. The number of nitrogens with one attached hydrogen (secondary N) is 1. The maximum absolute atomic E-state index is 13.7. The molecule has 2 aromatic carbocycles. The van der Waals surface area contributed by atoms with Crippen LogP contribution in [-0.2, 0) is 6.42 Å². The summed E-state index contributed by atoms with van der Waals surface area (Å²) >= 11 is 5.62. The molecule has 0 amide bonds. The van der Waals surface area contributed by atoms with Crippen LogP contribution in [0.2, 0.25) is 0 Å². The van der Waals surface area contributed by atoms with E-state index < -0.39 is 0 Å². The van der Waals surface area contributed by atoms with E-state index in [4.69, 9.17) is 16.7 Å². The van der Waals surface area contributed by atoms with Gasteiger partial charge in [-0.25, -0.2) is 4.39 Å². The van der Waals surface area contributed by atoms with Crippen LogP contribution in [0.15, 0.2) is 71.4 Å². The molecule has 1 atom stereocenters. The average molecular weight is 435 g/mol. The number of hydrogen-bond acceptors (Lipinski definition) is 4. The van der Waals surface area contributed by atoms with Gasteiger partial charge in [0.2, 0.25) is 5.82 Å². The van der Waals surface area contributed by atoms with E-state index in [9.17, 15) is 4.39 Å². The van der Waals surface area contributed by atoms with Crippen LogP contribution in [0.1, 0.15) is 36.9 Å². The van der Waals surface area contributed by atoms with Crippen LogP contribution in [0.25, 0.3) is 17.0 Å². The van der Waals surface area contributed by atoms with E-state index in [0.29, 0.717) is 28.9 Å². The number of aromatic nitrogens is 2. The summed E-state index contributed by atoms with van der Waals surface area (Å²) in [6, 6.07) is 14.3. The first-order valence-corrected chi connectivity index (χ1v) is 10.5. The van der Waals surface area contributed by atoms with Crippen molar-refractivity contribution in [3.8, 4) is 11.4 Å². The molecule has 0 radical (unpaired) electrons. The highest BCUT2D eigenvalue weighted by molar-refractivity contribution is 7.80. The summed E-state index contributed by atoms with van der Waals surface area (Å²) in [6.45, 7) is 8.48. The van der Waals surface area contributed by atoms with Gasteiger partial charge in [0.05, 0.1) is 11.6 Å². The van der Waals surface area contributed by atoms with Crippen LogP contribution < -0.4 is 5.32 Å². The van der Waals surface area contributed by atoms with E-state index >= 15 is 0 Å². The third kappa shape index (κ3) is 4.14. The number of allylic oxidation sites excluding steroid dienone is 1. The van der Waals surface area contributed by atoms with Gasteiger partial charge >= 0.3 is 0 Å². The second-order valence-corrected chi connectivity index (χ2v) is 7.70. The van der Waals surface area contributed by atoms with Crippen LogP contribution in [0.5, 0.6) is 0 Å². The normalized spacial score (nSPS) is 16.4. The Kier molecular flexibility index (Phi) is 5.95. The molecule has 1 aliphatic heterocycles. The predicted molar refractivity (Wildman–Crippen MR) is 123 cm³/mol. The van der Waals surface area contributed by atoms with Gasteiger partial charge in [0.15, 0.2) is 5.11 Å². The first kappa shape index (κ1) is 20.9. The van der Waals surface area contributed by atoms with Gasteiger partial charge in [-0.2, -0.15) is 4.98 Å². The quantitative estimate of drug-likeness (QED) is 0.420. The molecule has 1 aliphatic rings. The maximum Gasteiger partial charge on any atom is 0.258 e. The van der Waals surface area contributed by atoms with E-state index in [-0.39, 0.29) is 11.9 Å². The molecule has 1 N–H and O–H groups in total. The van der Waals surface area contributed by atoms with E-state index in [0.717, 1.165) is 23.3 Å². The van der Waals surface area contributed by atoms with Gasteiger partial charge in [0.1, 0.15) is 5.82 Å². The Morgan fingerprint density at radius 1 is 1.26 bits per heavy atom. The van der Waals surface area contributed by atoms with Gasteiger partial charge in [-0.05, 0) is 48.8 Å². The zero-order chi connectivity index (χ0) is 22.0. The molecule has 5 nitrogen and oxygen atoms in total. The standard InChI is InChI=1S/C24H23FN4OS/c1-4-13-29-15(3)20(21(26-24(29)31)17-11-9-16(5-2)10-12-17)23-27-22(28-30-23)18-7-6-8-19(25)14-18/h4,6-12,14,21H,1,5,13H2,2-3H3,(H,26,31). The van der Waals surface area contributed by atoms with Gasteiger partial charge < -0.3 is 14.7 Å². The summed E-state index contributed by atoms with van der Waals surface area (Å²) in [5.41, 5.74) is 4.58. The minimum absolute atomic E-state index is 0.250. The summed E-state index contributed by atoms with van der Waals surface area (Å²) in [7, 11) is 0. The van der Waals surface area contributed by atoms with Crippen molar-refractivity contribution >= 4 is 22.9 Å². The van der Waals surface area contributed by atoms with Crippen molar-refractivity contribution in [2.24, 2.45) is 0 Å². The molecular formula is C24H23FN4OS. The second-order valence-electron chi connectivity index (χ2n) is 7.31. The summed E-state index contributed by atoms with van der Waals surface area (Å²) in [4.78, 5) is 6.53. The molecule has 0 saturated carbocycles. The molecule has 0 bridgehead atoms. The molecule has 0 aliphatic carbocycles. The molecule has 1 aromatic heterocycles. The van der Waals surface area contributed by atoms with Crippen molar-refractivity contribution in [2.75, 3.05) is 6.54 Å². The van der Waals surface area contributed by atoms with Crippen LogP contribution >= 0.6 is 12.2 Å². The largest absolute Gasteiger partial charge is 0.351 e. The zero-order valence-electron chi connectivity index (χ0n) is 17.4. The Balaban J connectivity index is 1.81. The number of benzene rings is 2.